The second-order valence-electron chi connectivity index (χ2n) is 7.13. The Balaban J connectivity index is 1.80. The van der Waals surface area contributed by atoms with Gasteiger partial charge in [0.15, 0.2) is 0 Å². The van der Waals surface area contributed by atoms with Crippen LogP contribution >= 0.6 is 0 Å². The Labute approximate surface area is 130 Å². The molecule has 0 amide bonds. The molecule has 2 N–H and O–H groups in total. The minimum Gasteiger partial charge on any atom is -0.373 e. The van der Waals surface area contributed by atoms with Crippen LogP contribution in [0.25, 0.3) is 0 Å². The highest BCUT2D eigenvalue weighted by atomic mass is 16.5. The van der Waals surface area contributed by atoms with Gasteiger partial charge in [-0.1, -0.05) is 13.3 Å². The normalized spacial score (nSPS) is 35.3. The summed E-state index contributed by atoms with van der Waals surface area (Å²) in [5, 5.41) is 0. The van der Waals surface area contributed by atoms with E-state index >= 15 is 0 Å². The third-order valence-corrected chi connectivity index (χ3v) is 5.44. The zero-order valence-corrected chi connectivity index (χ0v) is 14.1. The highest BCUT2D eigenvalue weighted by molar-refractivity contribution is 4.89. The molecular formula is C17H34N2O2. The Bertz CT molecular complexity index is 301. The van der Waals surface area contributed by atoms with Crippen LogP contribution in [0.1, 0.15) is 52.9 Å². The van der Waals surface area contributed by atoms with E-state index in [2.05, 4.69) is 25.7 Å². The topological polar surface area (TPSA) is 47.7 Å². The molecule has 1 aliphatic heterocycles. The summed E-state index contributed by atoms with van der Waals surface area (Å²) in [5.41, 5.74) is 5.95. The number of nitrogens with zero attached hydrogens (tertiary/aromatic N) is 1. The lowest BCUT2D eigenvalue weighted by atomic mass is 9.77. The maximum Gasteiger partial charge on any atom is 0.0936 e. The zero-order chi connectivity index (χ0) is 15.3. The molecule has 0 aromatic heterocycles. The fourth-order valence-electron chi connectivity index (χ4n) is 3.60. The summed E-state index contributed by atoms with van der Waals surface area (Å²) in [6.45, 7) is 11.0. The Morgan fingerprint density at radius 2 is 2.05 bits per heavy atom. The van der Waals surface area contributed by atoms with Crippen LogP contribution in [0.3, 0.4) is 0 Å². The first-order chi connectivity index (χ1) is 10.1. The molecule has 0 bridgehead atoms. The van der Waals surface area contributed by atoms with Gasteiger partial charge in [-0.25, -0.2) is 0 Å². The molecule has 124 valence electrons. The van der Waals surface area contributed by atoms with E-state index in [9.17, 15) is 0 Å². The lowest BCUT2D eigenvalue weighted by Gasteiger charge is -2.41. The molecule has 21 heavy (non-hydrogen) atoms. The summed E-state index contributed by atoms with van der Waals surface area (Å²) >= 11 is 0. The maximum absolute atomic E-state index is 6.30. The van der Waals surface area contributed by atoms with Crippen LogP contribution in [-0.4, -0.2) is 55.5 Å². The number of hydrogen-bond donors (Lipinski definition) is 1. The minimum absolute atomic E-state index is 0.0882. The quantitative estimate of drug-likeness (QED) is 0.818. The highest BCUT2D eigenvalue weighted by Gasteiger charge is 2.35. The van der Waals surface area contributed by atoms with Gasteiger partial charge >= 0.3 is 0 Å². The molecule has 1 atom stereocenters. The smallest absolute Gasteiger partial charge is 0.0936 e. The van der Waals surface area contributed by atoms with Crippen LogP contribution in [-0.2, 0) is 9.47 Å². The van der Waals surface area contributed by atoms with Crippen molar-refractivity contribution in [3.05, 3.63) is 0 Å². The molecule has 4 heteroatoms. The molecule has 2 aliphatic rings. The minimum atomic E-state index is -0.0882. The van der Waals surface area contributed by atoms with Gasteiger partial charge in [0.25, 0.3) is 0 Å². The molecule has 1 saturated carbocycles. The molecule has 0 aromatic carbocycles. The maximum atomic E-state index is 6.30. The number of ether oxygens (including phenoxy) is 2. The van der Waals surface area contributed by atoms with Gasteiger partial charge in [-0.15, -0.1) is 0 Å². The Morgan fingerprint density at radius 3 is 2.62 bits per heavy atom. The second-order valence-corrected chi connectivity index (χ2v) is 7.13. The molecule has 1 aliphatic carbocycles. The van der Waals surface area contributed by atoms with Crippen LogP contribution < -0.4 is 5.73 Å². The first-order valence-electron chi connectivity index (χ1n) is 8.78. The lowest BCUT2D eigenvalue weighted by molar-refractivity contribution is -0.133. The third kappa shape index (κ3) is 4.65. The molecule has 1 unspecified atom stereocenters. The van der Waals surface area contributed by atoms with E-state index < -0.39 is 0 Å². The summed E-state index contributed by atoms with van der Waals surface area (Å²) in [6, 6.07) is 0.583. The molecule has 1 heterocycles. The Kier molecular flexibility index (Phi) is 6.48. The number of hydrogen-bond acceptors (Lipinski definition) is 4. The molecular weight excluding hydrogens is 264 g/mol. The number of morpholine rings is 1. The van der Waals surface area contributed by atoms with Crippen molar-refractivity contribution in [3.8, 4) is 0 Å². The van der Waals surface area contributed by atoms with Gasteiger partial charge in [-0.2, -0.15) is 0 Å². The van der Waals surface area contributed by atoms with Gasteiger partial charge in [0.05, 0.1) is 24.9 Å². The van der Waals surface area contributed by atoms with Crippen LogP contribution in [0.2, 0.25) is 0 Å². The standard InChI is InChI=1S/C17H34N2O2/c1-4-15-5-7-17(13-18,8-6-15)21-12-16-11-19(14(2)3)9-10-20-16/h14-16H,4-13,18H2,1-3H3. The van der Waals surface area contributed by atoms with E-state index in [4.69, 9.17) is 15.2 Å². The average molecular weight is 298 g/mol. The fourth-order valence-corrected chi connectivity index (χ4v) is 3.60. The van der Waals surface area contributed by atoms with E-state index in [1.54, 1.807) is 0 Å². The van der Waals surface area contributed by atoms with Crippen molar-refractivity contribution in [2.75, 3.05) is 32.8 Å². The van der Waals surface area contributed by atoms with E-state index in [0.29, 0.717) is 19.2 Å². The van der Waals surface area contributed by atoms with Gasteiger partial charge in [0.1, 0.15) is 0 Å². The number of nitrogens with two attached hydrogens (primary N) is 1. The van der Waals surface area contributed by atoms with Crippen molar-refractivity contribution in [1.29, 1.82) is 0 Å². The average Bonchev–Trinajstić information content (AvgIpc) is 2.53. The van der Waals surface area contributed by atoms with E-state index in [1.165, 1.54) is 19.3 Å². The monoisotopic (exact) mass is 298 g/mol. The predicted molar refractivity (Wildman–Crippen MR) is 86.4 cm³/mol. The predicted octanol–water partition coefficient (Wildman–Crippen LogP) is 2.41. The Hall–Kier alpha value is -0.160. The van der Waals surface area contributed by atoms with Crippen molar-refractivity contribution in [2.24, 2.45) is 11.7 Å². The third-order valence-electron chi connectivity index (χ3n) is 5.44. The summed E-state index contributed by atoms with van der Waals surface area (Å²) in [7, 11) is 0. The van der Waals surface area contributed by atoms with Crippen molar-refractivity contribution in [1.82, 2.24) is 4.90 Å². The summed E-state index contributed by atoms with van der Waals surface area (Å²) in [5.74, 6) is 0.871. The lowest BCUT2D eigenvalue weighted by Crippen LogP contribution is -2.50. The van der Waals surface area contributed by atoms with E-state index in [1.807, 2.05) is 0 Å². The first kappa shape index (κ1) is 17.2. The number of rotatable bonds is 6. The molecule has 2 rings (SSSR count). The van der Waals surface area contributed by atoms with Gasteiger partial charge in [-0.05, 0) is 45.4 Å². The van der Waals surface area contributed by atoms with Gasteiger partial charge in [0, 0.05) is 25.7 Å². The molecule has 0 spiro atoms. The highest BCUT2D eigenvalue weighted by Crippen LogP contribution is 2.35. The van der Waals surface area contributed by atoms with Crippen molar-refractivity contribution < 1.29 is 9.47 Å². The van der Waals surface area contributed by atoms with Crippen molar-refractivity contribution >= 4 is 0 Å². The zero-order valence-electron chi connectivity index (χ0n) is 14.1. The first-order valence-corrected chi connectivity index (χ1v) is 8.78. The van der Waals surface area contributed by atoms with Crippen LogP contribution in [0.4, 0.5) is 0 Å². The summed E-state index contributed by atoms with van der Waals surface area (Å²) in [4.78, 5) is 2.47. The summed E-state index contributed by atoms with van der Waals surface area (Å²) < 4.78 is 12.2. The van der Waals surface area contributed by atoms with Gasteiger partial charge < -0.3 is 15.2 Å². The summed E-state index contributed by atoms with van der Waals surface area (Å²) in [6.07, 6.45) is 6.24. The second kappa shape index (κ2) is 7.91. The van der Waals surface area contributed by atoms with E-state index in [-0.39, 0.29) is 11.7 Å². The molecule has 0 aromatic rings. The molecule has 0 radical (unpaired) electrons. The molecule has 4 nitrogen and oxygen atoms in total. The fraction of sp³-hybridized carbons (Fsp3) is 1.00. The van der Waals surface area contributed by atoms with E-state index in [0.717, 1.165) is 38.5 Å². The SMILES string of the molecule is CCC1CCC(CN)(OCC2CN(C(C)C)CCO2)CC1. The van der Waals surface area contributed by atoms with Crippen LogP contribution in [0.15, 0.2) is 0 Å². The van der Waals surface area contributed by atoms with Crippen LogP contribution in [0.5, 0.6) is 0 Å². The molecule has 1 saturated heterocycles. The largest absolute Gasteiger partial charge is 0.373 e. The van der Waals surface area contributed by atoms with Gasteiger partial charge in [0.2, 0.25) is 0 Å². The van der Waals surface area contributed by atoms with Gasteiger partial charge in [-0.3, -0.25) is 4.90 Å². The van der Waals surface area contributed by atoms with Crippen LogP contribution in [0, 0.1) is 5.92 Å². The Morgan fingerprint density at radius 1 is 1.33 bits per heavy atom. The van der Waals surface area contributed by atoms with Crippen molar-refractivity contribution in [3.63, 3.8) is 0 Å². The molecule has 2 fully saturated rings. The van der Waals surface area contributed by atoms with Crippen molar-refractivity contribution in [2.45, 2.75) is 70.6 Å².